The average molecular weight is 499 g/mol. The third kappa shape index (κ3) is 4.95. The maximum Gasteiger partial charge on any atom is 0.322 e. The number of ether oxygens (including phenoxy) is 1. The summed E-state index contributed by atoms with van der Waals surface area (Å²) in [7, 11) is 0. The summed E-state index contributed by atoms with van der Waals surface area (Å²) in [5, 5.41) is 7.26. The highest BCUT2D eigenvalue weighted by molar-refractivity contribution is 5.86. The number of carbonyl (C=O) groups excluding carboxylic acids is 1. The monoisotopic (exact) mass is 498 g/mol. The summed E-state index contributed by atoms with van der Waals surface area (Å²) in [6, 6.07) is 20.9. The molecule has 1 aliphatic rings. The molecule has 0 bridgehead atoms. The van der Waals surface area contributed by atoms with Gasteiger partial charge in [0.05, 0.1) is 24.8 Å². The van der Waals surface area contributed by atoms with Crippen molar-refractivity contribution in [2.24, 2.45) is 0 Å². The molecule has 7 nitrogen and oxygen atoms in total. The maximum atomic E-state index is 14.4. The summed E-state index contributed by atoms with van der Waals surface area (Å²) in [6.45, 7) is 6.39. The van der Waals surface area contributed by atoms with Crippen LogP contribution in [0.4, 0.5) is 9.18 Å². The van der Waals surface area contributed by atoms with E-state index in [-0.39, 0.29) is 24.3 Å². The van der Waals surface area contributed by atoms with E-state index in [0.29, 0.717) is 29.3 Å². The van der Waals surface area contributed by atoms with Gasteiger partial charge >= 0.3 is 6.03 Å². The highest BCUT2D eigenvalue weighted by atomic mass is 19.1. The van der Waals surface area contributed by atoms with Crippen molar-refractivity contribution < 1.29 is 18.4 Å². The number of urea groups is 1. The molecule has 0 saturated heterocycles. The zero-order chi connectivity index (χ0) is 25.9. The molecule has 0 saturated carbocycles. The highest BCUT2D eigenvalue weighted by Gasteiger charge is 2.36. The lowest BCUT2D eigenvalue weighted by atomic mass is 9.94. The molecule has 1 aliphatic heterocycles. The summed E-state index contributed by atoms with van der Waals surface area (Å²) in [5.74, 6) is 1.08. The van der Waals surface area contributed by atoms with Gasteiger partial charge in [0.15, 0.2) is 0 Å². The predicted octanol–water partition coefficient (Wildman–Crippen LogP) is 6.28. The Morgan fingerprint density at radius 1 is 1.03 bits per heavy atom. The van der Waals surface area contributed by atoms with E-state index < -0.39 is 6.04 Å². The number of aromatic nitrogens is 2. The fourth-order valence-corrected chi connectivity index (χ4v) is 4.37. The van der Waals surface area contributed by atoms with Crippen LogP contribution in [-0.4, -0.2) is 27.7 Å². The van der Waals surface area contributed by atoms with Crippen LogP contribution in [0.5, 0.6) is 5.75 Å². The first kappa shape index (κ1) is 24.2. The van der Waals surface area contributed by atoms with Gasteiger partial charge in [0.1, 0.15) is 11.6 Å². The van der Waals surface area contributed by atoms with Gasteiger partial charge in [-0.05, 0) is 56.7 Å². The third-order valence-corrected chi connectivity index (χ3v) is 6.37. The lowest BCUT2D eigenvalue weighted by Crippen LogP contribution is -2.45. The van der Waals surface area contributed by atoms with Crippen molar-refractivity contribution in [1.82, 2.24) is 20.4 Å². The number of halogens is 1. The number of amides is 2. The third-order valence-electron chi connectivity index (χ3n) is 6.37. The molecule has 0 aliphatic carbocycles. The maximum absolute atomic E-state index is 14.4. The molecular formula is C29H27FN4O3. The number of hydrogen-bond acceptors (Lipinski definition) is 5. The standard InChI is InChI=1S/C29H27FN4O3/c1-4-36-23-15-13-21(14-16-23)27-32-28(37-33-27)25-19(3)34(17-22-7-5-6-8-24(22)30)29(35)31-26(25)20-11-9-18(2)10-12-20/h5-16,26H,4,17H2,1-3H3,(H,31,35). The predicted molar refractivity (Wildman–Crippen MR) is 138 cm³/mol. The second-order valence-corrected chi connectivity index (χ2v) is 8.85. The Hall–Kier alpha value is -4.46. The minimum atomic E-state index is -0.515. The number of nitrogens with zero attached hydrogens (tertiary/aromatic N) is 3. The highest BCUT2D eigenvalue weighted by Crippen LogP contribution is 2.38. The molecule has 0 spiro atoms. The molecule has 1 aromatic heterocycles. The van der Waals surface area contributed by atoms with E-state index in [2.05, 4.69) is 15.5 Å². The van der Waals surface area contributed by atoms with Gasteiger partial charge in [-0.2, -0.15) is 4.98 Å². The normalized spacial score (nSPS) is 15.6. The average Bonchev–Trinajstić information content (AvgIpc) is 3.38. The van der Waals surface area contributed by atoms with E-state index in [9.17, 15) is 9.18 Å². The number of nitrogens with one attached hydrogen (secondary N) is 1. The quantitative estimate of drug-likeness (QED) is 0.324. The van der Waals surface area contributed by atoms with E-state index in [0.717, 1.165) is 22.4 Å². The Morgan fingerprint density at radius 2 is 1.76 bits per heavy atom. The van der Waals surface area contributed by atoms with Crippen LogP contribution in [0.3, 0.4) is 0 Å². The topological polar surface area (TPSA) is 80.5 Å². The number of allylic oxidation sites excluding steroid dienone is 1. The van der Waals surface area contributed by atoms with Crippen molar-refractivity contribution in [3.63, 3.8) is 0 Å². The summed E-state index contributed by atoms with van der Waals surface area (Å²) in [4.78, 5) is 19.4. The van der Waals surface area contributed by atoms with Crippen LogP contribution in [0.2, 0.25) is 0 Å². The molecule has 5 rings (SSSR count). The molecule has 4 aromatic rings. The van der Waals surface area contributed by atoms with Crippen LogP contribution in [0.25, 0.3) is 17.0 Å². The molecule has 0 fully saturated rings. The minimum Gasteiger partial charge on any atom is -0.494 e. The van der Waals surface area contributed by atoms with Gasteiger partial charge in [-0.15, -0.1) is 0 Å². The molecule has 1 atom stereocenters. The number of aryl methyl sites for hydroxylation is 1. The molecule has 8 heteroatoms. The summed E-state index contributed by atoms with van der Waals surface area (Å²) in [6.07, 6.45) is 0. The Morgan fingerprint density at radius 3 is 2.46 bits per heavy atom. The van der Waals surface area contributed by atoms with E-state index in [1.807, 2.05) is 69.3 Å². The fourth-order valence-electron chi connectivity index (χ4n) is 4.37. The first-order valence-electron chi connectivity index (χ1n) is 12.1. The van der Waals surface area contributed by atoms with Crippen LogP contribution >= 0.6 is 0 Å². The zero-order valence-electron chi connectivity index (χ0n) is 20.9. The Kier molecular flexibility index (Phi) is 6.72. The molecule has 2 heterocycles. The van der Waals surface area contributed by atoms with Crippen LogP contribution in [0.1, 0.15) is 42.5 Å². The van der Waals surface area contributed by atoms with Gasteiger partial charge in [0, 0.05) is 16.8 Å². The summed E-state index contributed by atoms with van der Waals surface area (Å²) >= 11 is 0. The van der Waals surface area contributed by atoms with Gasteiger partial charge < -0.3 is 14.6 Å². The van der Waals surface area contributed by atoms with Gasteiger partial charge in [0.2, 0.25) is 5.82 Å². The van der Waals surface area contributed by atoms with Crippen LogP contribution in [0, 0.1) is 12.7 Å². The van der Waals surface area contributed by atoms with E-state index in [4.69, 9.17) is 9.26 Å². The smallest absolute Gasteiger partial charge is 0.322 e. The fraction of sp³-hybridized carbons (Fsp3) is 0.207. The molecule has 37 heavy (non-hydrogen) atoms. The first-order chi connectivity index (χ1) is 17.9. The van der Waals surface area contributed by atoms with Crippen molar-refractivity contribution in [3.8, 4) is 17.1 Å². The van der Waals surface area contributed by atoms with Crippen molar-refractivity contribution >= 4 is 11.6 Å². The molecular weight excluding hydrogens is 471 g/mol. The van der Waals surface area contributed by atoms with Crippen molar-refractivity contribution in [3.05, 3.63) is 107 Å². The van der Waals surface area contributed by atoms with Crippen molar-refractivity contribution in [1.29, 1.82) is 0 Å². The van der Waals surface area contributed by atoms with E-state index in [1.165, 1.54) is 11.0 Å². The van der Waals surface area contributed by atoms with Gasteiger partial charge in [-0.3, -0.25) is 4.90 Å². The largest absolute Gasteiger partial charge is 0.494 e. The number of rotatable bonds is 7. The van der Waals surface area contributed by atoms with E-state index >= 15 is 0 Å². The lowest BCUT2D eigenvalue weighted by molar-refractivity contribution is 0.202. The van der Waals surface area contributed by atoms with Gasteiger partial charge in [0.25, 0.3) is 5.89 Å². The Balaban J connectivity index is 1.56. The summed E-state index contributed by atoms with van der Waals surface area (Å²) in [5.41, 5.74) is 4.42. The Bertz CT molecular complexity index is 1440. The minimum absolute atomic E-state index is 0.0638. The van der Waals surface area contributed by atoms with Crippen LogP contribution in [0.15, 0.2) is 83.0 Å². The molecule has 1 N–H and O–H groups in total. The Labute approximate surface area is 214 Å². The van der Waals surface area contributed by atoms with Gasteiger partial charge in [-0.25, -0.2) is 9.18 Å². The van der Waals surface area contributed by atoms with Crippen LogP contribution in [-0.2, 0) is 6.54 Å². The second-order valence-electron chi connectivity index (χ2n) is 8.85. The number of carbonyl (C=O) groups is 1. The first-order valence-corrected chi connectivity index (χ1v) is 12.1. The van der Waals surface area contributed by atoms with E-state index in [1.54, 1.807) is 18.2 Å². The van der Waals surface area contributed by atoms with Crippen molar-refractivity contribution in [2.75, 3.05) is 6.61 Å². The summed E-state index contributed by atoms with van der Waals surface area (Å²) < 4.78 is 25.7. The molecule has 1 unspecified atom stereocenters. The SMILES string of the molecule is CCOc1ccc(-c2noc(C3=C(C)N(Cc4ccccc4F)C(=O)NC3c3ccc(C)cc3)n2)cc1. The second kappa shape index (κ2) is 10.3. The lowest BCUT2D eigenvalue weighted by Gasteiger charge is -2.35. The molecule has 2 amide bonds. The zero-order valence-corrected chi connectivity index (χ0v) is 20.9. The van der Waals surface area contributed by atoms with Crippen molar-refractivity contribution in [2.45, 2.75) is 33.4 Å². The molecule has 3 aromatic carbocycles. The molecule has 0 radical (unpaired) electrons. The van der Waals surface area contributed by atoms with Gasteiger partial charge in [-0.1, -0.05) is 53.2 Å². The number of hydrogen-bond donors (Lipinski definition) is 1. The van der Waals surface area contributed by atoms with Crippen LogP contribution < -0.4 is 10.1 Å². The molecule has 188 valence electrons. The number of benzene rings is 3.